The van der Waals surface area contributed by atoms with E-state index in [9.17, 15) is 29.4 Å². The highest BCUT2D eigenvalue weighted by Crippen LogP contribution is 2.44. The third kappa shape index (κ3) is 14.5. The number of rotatable bonds is 14. The number of phenolic OH excluding ortho intramolecular Hbond substituents is 2. The third-order valence-electron chi connectivity index (χ3n) is 13.1. The lowest BCUT2D eigenvalue weighted by atomic mass is 9.79. The van der Waals surface area contributed by atoms with Gasteiger partial charge in [0.2, 0.25) is 11.8 Å². The standard InChI is InChI=1S/C58H82N6O8/c1-33(53(69)61-17-15-59)63-47(65)31-71-51-39-19-35-23-43(55(3,4)5)25-37(49(35)67)21-41-29-46(58(12,13)14)30-42(52(41)72-32-48(66)64-34(2)54(70)62-18-16-60)22-38-26-44(56(6,7)8)24-36(50(38)68)20-40(51)28-45(27-39)57(9,10)11/h23-30,33-34,67-68H,15-22,31-32,59-60H2,1-14H3,(H,61,69)(H,62,70)(H,63,65)(H,64,66)/t33-,34-/m0/s1. The van der Waals surface area contributed by atoms with Crippen molar-refractivity contribution >= 4 is 23.6 Å². The fourth-order valence-corrected chi connectivity index (χ4v) is 8.69. The normalized spacial score (nSPS) is 13.9. The molecule has 0 saturated carbocycles. The van der Waals surface area contributed by atoms with Gasteiger partial charge < -0.3 is 52.4 Å². The number of nitrogens with one attached hydrogen (secondary N) is 4. The molecule has 14 heteroatoms. The summed E-state index contributed by atoms with van der Waals surface area (Å²) in [6.45, 7) is 28.9. The van der Waals surface area contributed by atoms with Crippen LogP contribution < -0.4 is 42.2 Å². The predicted molar refractivity (Wildman–Crippen MR) is 285 cm³/mol. The highest BCUT2D eigenvalue weighted by Gasteiger charge is 2.30. The van der Waals surface area contributed by atoms with E-state index in [1.165, 1.54) is 0 Å². The van der Waals surface area contributed by atoms with E-state index in [0.29, 0.717) is 33.8 Å². The number of hydrogen-bond donors (Lipinski definition) is 8. The minimum atomic E-state index is -0.843. The summed E-state index contributed by atoms with van der Waals surface area (Å²) in [5.74, 6) is -0.693. The molecule has 1 aliphatic rings. The van der Waals surface area contributed by atoms with E-state index in [2.05, 4.69) is 129 Å². The first-order chi connectivity index (χ1) is 33.4. The molecule has 0 heterocycles. The topological polar surface area (TPSA) is 227 Å². The molecule has 4 amide bonds. The number of benzene rings is 4. The van der Waals surface area contributed by atoms with E-state index in [1.807, 2.05) is 24.3 Å². The number of fused-ring (bicyclic) bond motifs is 8. The van der Waals surface area contributed by atoms with Crippen LogP contribution in [-0.4, -0.2) is 85.3 Å². The van der Waals surface area contributed by atoms with Crippen molar-refractivity contribution in [3.63, 3.8) is 0 Å². The maximum absolute atomic E-state index is 13.6. The molecule has 4 aromatic carbocycles. The van der Waals surface area contributed by atoms with Gasteiger partial charge >= 0.3 is 0 Å². The summed E-state index contributed by atoms with van der Waals surface area (Å²) >= 11 is 0. The first-order valence-electron chi connectivity index (χ1n) is 25.2. The molecule has 0 saturated heterocycles. The second kappa shape index (κ2) is 22.7. The van der Waals surface area contributed by atoms with Crippen molar-refractivity contribution in [3.8, 4) is 23.0 Å². The Hall–Kier alpha value is -6.12. The number of nitrogens with two attached hydrogens (primary N) is 2. The van der Waals surface area contributed by atoms with E-state index in [4.69, 9.17) is 20.9 Å². The molecule has 0 spiro atoms. The van der Waals surface area contributed by atoms with E-state index >= 15 is 0 Å². The van der Waals surface area contributed by atoms with Crippen LogP contribution in [-0.2, 0) is 66.5 Å². The maximum Gasteiger partial charge on any atom is 0.258 e. The second-order valence-electron chi connectivity index (χ2n) is 23.6. The molecule has 14 nitrogen and oxygen atoms in total. The number of ether oxygens (including phenoxy) is 2. The molecule has 2 atom stereocenters. The van der Waals surface area contributed by atoms with Crippen LogP contribution in [0.15, 0.2) is 48.5 Å². The zero-order chi connectivity index (χ0) is 53.7. The Morgan fingerprint density at radius 3 is 0.931 bits per heavy atom. The number of phenols is 2. The largest absolute Gasteiger partial charge is 0.507 e. The molecule has 0 radical (unpaired) electrons. The van der Waals surface area contributed by atoms with Crippen molar-refractivity contribution in [2.45, 2.75) is 156 Å². The predicted octanol–water partition coefficient (Wildman–Crippen LogP) is 6.88. The Bertz CT molecular complexity index is 2370. The van der Waals surface area contributed by atoms with Gasteiger partial charge in [0, 0.05) is 51.9 Å². The van der Waals surface area contributed by atoms with Crippen molar-refractivity contribution in [1.82, 2.24) is 21.3 Å². The van der Waals surface area contributed by atoms with E-state index in [-0.39, 0.29) is 96.8 Å². The molecule has 0 aliphatic heterocycles. The summed E-state index contributed by atoms with van der Waals surface area (Å²) < 4.78 is 13.2. The molecule has 392 valence electrons. The molecular weight excluding hydrogens is 909 g/mol. The van der Waals surface area contributed by atoms with Crippen molar-refractivity contribution in [2.75, 3.05) is 39.4 Å². The Labute approximate surface area is 427 Å². The maximum atomic E-state index is 13.6. The summed E-state index contributed by atoms with van der Waals surface area (Å²) in [6, 6.07) is 14.7. The highest BCUT2D eigenvalue weighted by atomic mass is 16.5. The van der Waals surface area contributed by atoms with Crippen LogP contribution in [0.3, 0.4) is 0 Å². The van der Waals surface area contributed by atoms with Gasteiger partial charge in [0.1, 0.15) is 35.1 Å². The lowest BCUT2D eigenvalue weighted by Crippen LogP contribution is -2.47. The monoisotopic (exact) mass is 991 g/mol. The highest BCUT2D eigenvalue weighted by molar-refractivity contribution is 5.88. The summed E-state index contributed by atoms with van der Waals surface area (Å²) in [5, 5.41) is 36.2. The third-order valence-corrected chi connectivity index (χ3v) is 13.1. The van der Waals surface area contributed by atoms with Crippen LogP contribution in [0.25, 0.3) is 0 Å². The number of carbonyl (C=O) groups excluding carboxylic acids is 4. The molecule has 72 heavy (non-hydrogen) atoms. The first kappa shape index (κ1) is 56.8. The molecule has 8 bridgehead atoms. The minimum absolute atomic E-state index is 0.0835. The first-order valence-corrected chi connectivity index (χ1v) is 25.2. The molecule has 1 aliphatic carbocycles. The number of hydrogen-bond acceptors (Lipinski definition) is 10. The zero-order valence-corrected chi connectivity index (χ0v) is 45.3. The molecule has 5 rings (SSSR count). The van der Waals surface area contributed by atoms with Crippen LogP contribution >= 0.6 is 0 Å². The zero-order valence-electron chi connectivity index (χ0n) is 45.3. The van der Waals surface area contributed by atoms with Gasteiger partial charge in [-0.1, -0.05) is 132 Å². The van der Waals surface area contributed by atoms with Crippen LogP contribution in [0.2, 0.25) is 0 Å². The Balaban J connectivity index is 1.82. The van der Waals surface area contributed by atoms with Crippen molar-refractivity contribution in [1.29, 1.82) is 0 Å². The molecule has 4 aromatic rings. The Kier molecular flexibility index (Phi) is 17.9. The quantitative estimate of drug-likeness (QED) is 0.0575. The number of aromatic hydroxyl groups is 2. The van der Waals surface area contributed by atoms with Crippen molar-refractivity contribution in [2.24, 2.45) is 11.5 Å². The second-order valence-corrected chi connectivity index (χ2v) is 23.6. The van der Waals surface area contributed by atoms with Crippen LogP contribution in [0.4, 0.5) is 0 Å². The van der Waals surface area contributed by atoms with E-state index in [1.54, 1.807) is 13.8 Å². The average molecular weight is 991 g/mol. The van der Waals surface area contributed by atoms with Gasteiger partial charge in [-0.25, -0.2) is 0 Å². The summed E-state index contributed by atoms with van der Waals surface area (Å²) in [7, 11) is 0. The Morgan fingerprint density at radius 2 is 0.708 bits per heavy atom. The molecule has 0 fully saturated rings. The molecule has 0 aromatic heterocycles. The molecule has 0 unspecified atom stereocenters. The fourth-order valence-electron chi connectivity index (χ4n) is 8.69. The van der Waals surface area contributed by atoms with Gasteiger partial charge in [-0.15, -0.1) is 0 Å². The van der Waals surface area contributed by atoms with Crippen molar-refractivity contribution in [3.05, 3.63) is 115 Å². The molecular formula is C58H82N6O8. The van der Waals surface area contributed by atoms with Gasteiger partial charge in [-0.3, -0.25) is 19.2 Å². The minimum Gasteiger partial charge on any atom is -0.507 e. The van der Waals surface area contributed by atoms with E-state index < -0.39 is 37.1 Å². The van der Waals surface area contributed by atoms with Gasteiger partial charge in [0.15, 0.2) is 13.2 Å². The lowest BCUT2D eigenvalue weighted by Gasteiger charge is -2.28. The molecule has 10 N–H and O–H groups in total. The van der Waals surface area contributed by atoms with Gasteiger partial charge in [-0.05, 0) is 102 Å². The van der Waals surface area contributed by atoms with E-state index in [0.717, 1.165) is 44.5 Å². The van der Waals surface area contributed by atoms with Gasteiger partial charge in [-0.2, -0.15) is 0 Å². The van der Waals surface area contributed by atoms with Gasteiger partial charge in [0.25, 0.3) is 11.8 Å². The van der Waals surface area contributed by atoms with Crippen LogP contribution in [0.1, 0.15) is 164 Å². The van der Waals surface area contributed by atoms with Crippen LogP contribution in [0, 0.1) is 0 Å². The average Bonchev–Trinajstić information content (AvgIpc) is 3.27. The summed E-state index contributed by atoms with van der Waals surface area (Å²) in [6.07, 6.45) is 0.840. The van der Waals surface area contributed by atoms with Gasteiger partial charge in [0.05, 0.1) is 0 Å². The smallest absolute Gasteiger partial charge is 0.258 e. The van der Waals surface area contributed by atoms with Crippen LogP contribution in [0.5, 0.6) is 23.0 Å². The lowest BCUT2D eigenvalue weighted by molar-refractivity contribution is -0.129. The summed E-state index contributed by atoms with van der Waals surface area (Å²) in [5.41, 5.74) is 19.2. The SMILES string of the molecule is C[C@H](NC(=O)COc1c2cc(C(C)(C)C)cc1Cc1cc(C(C)(C)C)cc(c1O)Cc1cc(C(C)(C)C)cc(c1OCC(=O)N[C@@H](C)C(=O)NCCN)Cc1cc(C(C)(C)C)cc(c1O)C2)C(=O)NCCN. The number of amides is 4. The fraction of sp³-hybridized carbons (Fsp3) is 0.517. The Morgan fingerprint density at radius 1 is 0.472 bits per heavy atom. The summed E-state index contributed by atoms with van der Waals surface area (Å²) in [4.78, 5) is 52.6. The van der Waals surface area contributed by atoms with Crippen molar-refractivity contribution < 1.29 is 38.9 Å². The number of carbonyl (C=O) groups is 4.